The Hall–Kier alpha value is -3.13. The molecule has 0 aliphatic carbocycles. The molecule has 0 spiro atoms. The molecule has 0 saturated heterocycles. The van der Waals surface area contributed by atoms with E-state index in [1.807, 2.05) is 31.3 Å². The number of hydrogen-bond acceptors (Lipinski definition) is 1. The van der Waals surface area contributed by atoms with Crippen molar-refractivity contribution in [2.75, 3.05) is 0 Å². The van der Waals surface area contributed by atoms with Crippen LogP contribution in [0.3, 0.4) is 0 Å². The van der Waals surface area contributed by atoms with Crippen molar-refractivity contribution >= 4 is 10.8 Å². The van der Waals surface area contributed by atoms with Crippen LogP contribution in [0.25, 0.3) is 33.2 Å². The van der Waals surface area contributed by atoms with E-state index in [1.54, 1.807) is 4.57 Å². The van der Waals surface area contributed by atoms with E-state index in [0.29, 0.717) is 0 Å². The first-order chi connectivity index (χ1) is 12.6. The molecule has 3 aromatic carbocycles. The van der Waals surface area contributed by atoms with Gasteiger partial charge in [0, 0.05) is 18.0 Å². The molecule has 0 bridgehead atoms. The van der Waals surface area contributed by atoms with Crippen LogP contribution in [0.5, 0.6) is 0 Å². The van der Waals surface area contributed by atoms with Gasteiger partial charge in [-0.05, 0) is 36.4 Å². The van der Waals surface area contributed by atoms with Gasteiger partial charge >= 0.3 is 0 Å². The molecule has 0 unspecified atom stereocenters. The summed E-state index contributed by atoms with van der Waals surface area (Å²) in [6, 6.07) is 24.8. The van der Waals surface area contributed by atoms with E-state index in [4.69, 9.17) is 0 Å². The highest BCUT2D eigenvalue weighted by Gasteiger charge is 2.17. The summed E-state index contributed by atoms with van der Waals surface area (Å²) < 4.78 is 1.78. The maximum atomic E-state index is 13.0. The SMILES string of the molecule is Cc1ccc(-c2c(-c3ccc(C)cc3)n(C)c(=O)c3ccccc23)cc1. The molecular weight excluding hydrogens is 318 g/mol. The van der Waals surface area contributed by atoms with Gasteiger partial charge < -0.3 is 4.57 Å². The number of aryl methyl sites for hydroxylation is 2. The fourth-order valence-electron chi connectivity index (χ4n) is 3.53. The predicted molar refractivity (Wildman–Crippen MR) is 110 cm³/mol. The first kappa shape index (κ1) is 16.3. The van der Waals surface area contributed by atoms with Crippen molar-refractivity contribution in [2.24, 2.45) is 7.05 Å². The van der Waals surface area contributed by atoms with Crippen LogP contribution in [-0.2, 0) is 7.05 Å². The summed E-state index contributed by atoms with van der Waals surface area (Å²) in [5, 5.41) is 1.75. The van der Waals surface area contributed by atoms with Gasteiger partial charge in [0.1, 0.15) is 0 Å². The van der Waals surface area contributed by atoms with Gasteiger partial charge in [0.05, 0.1) is 5.69 Å². The van der Waals surface area contributed by atoms with Gasteiger partial charge in [0.15, 0.2) is 0 Å². The molecule has 0 atom stereocenters. The van der Waals surface area contributed by atoms with E-state index < -0.39 is 0 Å². The van der Waals surface area contributed by atoms with Crippen molar-refractivity contribution in [3.8, 4) is 22.4 Å². The lowest BCUT2D eigenvalue weighted by Gasteiger charge is -2.18. The summed E-state index contributed by atoms with van der Waals surface area (Å²) in [7, 11) is 1.86. The Balaban J connectivity index is 2.17. The van der Waals surface area contributed by atoms with Crippen molar-refractivity contribution < 1.29 is 0 Å². The van der Waals surface area contributed by atoms with Crippen molar-refractivity contribution in [2.45, 2.75) is 13.8 Å². The van der Waals surface area contributed by atoms with E-state index in [-0.39, 0.29) is 5.56 Å². The van der Waals surface area contributed by atoms with Crippen LogP contribution in [0.2, 0.25) is 0 Å². The van der Waals surface area contributed by atoms with Gasteiger partial charge in [-0.25, -0.2) is 0 Å². The van der Waals surface area contributed by atoms with E-state index in [2.05, 4.69) is 62.4 Å². The van der Waals surface area contributed by atoms with Gasteiger partial charge in [0.2, 0.25) is 0 Å². The minimum absolute atomic E-state index is 0.0343. The lowest BCUT2D eigenvalue weighted by Crippen LogP contribution is -2.19. The highest BCUT2D eigenvalue weighted by Crippen LogP contribution is 2.36. The summed E-state index contributed by atoms with van der Waals surface area (Å²) in [5.74, 6) is 0. The van der Waals surface area contributed by atoms with Gasteiger partial charge in [-0.15, -0.1) is 0 Å². The zero-order valence-corrected chi connectivity index (χ0v) is 15.3. The Bertz CT molecular complexity index is 1150. The minimum atomic E-state index is 0.0343. The number of nitrogens with zero attached hydrogens (tertiary/aromatic N) is 1. The fraction of sp³-hybridized carbons (Fsp3) is 0.125. The molecule has 4 aromatic rings. The van der Waals surface area contributed by atoms with Crippen LogP contribution in [0.15, 0.2) is 77.6 Å². The van der Waals surface area contributed by atoms with Crippen LogP contribution in [0.1, 0.15) is 11.1 Å². The fourth-order valence-corrected chi connectivity index (χ4v) is 3.53. The normalized spacial score (nSPS) is 11.0. The number of hydrogen-bond donors (Lipinski definition) is 0. The van der Waals surface area contributed by atoms with Crippen LogP contribution in [0, 0.1) is 13.8 Å². The Labute approximate surface area is 153 Å². The molecule has 2 nitrogen and oxygen atoms in total. The first-order valence-corrected chi connectivity index (χ1v) is 8.82. The predicted octanol–water partition coefficient (Wildman–Crippen LogP) is 5.49. The average Bonchev–Trinajstić information content (AvgIpc) is 2.66. The second kappa shape index (κ2) is 6.30. The van der Waals surface area contributed by atoms with Crippen molar-refractivity contribution in [3.63, 3.8) is 0 Å². The molecule has 0 saturated carbocycles. The van der Waals surface area contributed by atoms with Gasteiger partial charge in [-0.3, -0.25) is 4.79 Å². The third-order valence-electron chi connectivity index (χ3n) is 4.97. The number of benzene rings is 3. The maximum Gasteiger partial charge on any atom is 0.258 e. The largest absolute Gasteiger partial charge is 0.310 e. The standard InChI is InChI=1S/C24H21NO/c1-16-8-12-18(13-9-16)22-20-6-4-5-7-21(20)24(26)25(3)23(22)19-14-10-17(2)11-15-19/h4-15H,1-3H3. The summed E-state index contributed by atoms with van der Waals surface area (Å²) >= 11 is 0. The Morgan fingerprint density at radius 3 is 1.73 bits per heavy atom. The van der Waals surface area contributed by atoms with E-state index in [9.17, 15) is 4.79 Å². The zero-order chi connectivity index (χ0) is 18.3. The second-order valence-corrected chi connectivity index (χ2v) is 6.87. The minimum Gasteiger partial charge on any atom is -0.310 e. The van der Waals surface area contributed by atoms with Crippen LogP contribution < -0.4 is 5.56 Å². The van der Waals surface area contributed by atoms with Crippen molar-refractivity contribution in [1.82, 2.24) is 4.57 Å². The zero-order valence-electron chi connectivity index (χ0n) is 15.3. The molecule has 0 fully saturated rings. The molecule has 0 N–H and O–H groups in total. The van der Waals surface area contributed by atoms with Crippen LogP contribution >= 0.6 is 0 Å². The van der Waals surface area contributed by atoms with E-state index in [0.717, 1.165) is 33.2 Å². The second-order valence-electron chi connectivity index (χ2n) is 6.87. The van der Waals surface area contributed by atoms with Crippen LogP contribution in [0.4, 0.5) is 0 Å². The lowest BCUT2D eigenvalue weighted by molar-refractivity contribution is 0.884. The molecule has 0 aliphatic heterocycles. The van der Waals surface area contributed by atoms with E-state index >= 15 is 0 Å². The lowest BCUT2D eigenvalue weighted by atomic mass is 9.93. The maximum absolute atomic E-state index is 13.0. The quantitative estimate of drug-likeness (QED) is 0.473. The molecular formula is C24H21NO. The molecule has 0 amide bonds. The molecule has 128 valence electrons. The first-order valence-electron chi connectivity index (χ1n) is 8.82. The number of pyridine rings is 1. The molecule has 1 aromatic heterocycles. The highest BCUT2D eigenvalue weighted by atomic mass is 16.1. The molecule has 1 heterocycles. The third-order valence-corrected chi connectivity index (χ3v) is 4.97. The van der Waals surface area contributed by atoms with Gasteiger partial charge in [-0.2, -0.15) is 0 Å². The van der Waals surface area contributed by atoms with Gasteiger partial charge in [0.25, 0.3) is 5.56 Å². The summed E-state index contributed by atoms with van der Waals surface area (Å²) in [6.45, 7) is 4.16. The highest BCUT2D eigenvalue weighted by molar-refractivity contribution is 6.02. The van der Waals surface area contributed by atoms with Gasteiger partial charge in [-0.1, -0.05) is 77.9 Å². The average molecular weight is 339 g/mol. The number of rotatable bonds is 2. The molecule has 0 radical (unpaired) electrons. The molecule has 26 heavy (non-hydrogen) atoms. The number of fused-ring (bicyclic) bond motifs is 1. The van der Waals surface area contributed by atoms with Crippen LogP contribution in [-0.4, -0.2) is 4.57 Å². The summed E-state index contributed by atoms with van der Waals surface area (Å²) in [4.78, 5) is 13.0. The van der Waals surface area contributed by atoms with Crippen molar-refractivity contribution in [3.05, 3.63) is 94.3 Å². The monoisotopic (exact) mass is 339 g/mol. The third kappa shape index (κ3) is 2.64. The number of aromatic nitrogens is 1. The van der Waals surface area contributed by atoms with E-state index in [1.165, 1.54) is 11.1 Å². The van der Waals surface area contributed by atoms with Crippen molar-refractivity contribution in [1.29, 1.82) is 0 Å². The Morgan fingerprint density at radius 2 is 1.15 bits per heavy atom. The Kier molecular flexibility index (Phi) is 3.96. The summed E-state index contributed by atoms with van der Waals surface area (Å²) in [6.07, 6.45) is 0. The molecule has 0 aliphatic rings. The smallest absolute Gasteiger partial charge is 0.258 e. The topological polar surface area (TPSA) is 22.0 Å². The molecule has 2 heteroatoms. The summed E-state index contributed by atoms with van der Waals surface area (Å²) in [5.41, 5.74) is 6.70. The molecule has 4 rings (SSSR count). The Morgan fingerprint density at radius 1 is 0.654 bits per heavy atom.